The van der Waals surface area contributed by atoms with Crippen LogP contribution in [0.25, 0.3) is 0 Å². The van der Waals surface area contributed by atoms with Crippen LogP contribution >= 0.6 is 15.9 Å². The second-order valence-corrected chi connectivity index (χ2v) is 5.99. The number of nitrogens with two attached hydrogens (primary N) is 1. The van der Waals surface area contributed by atoms with Gasteiger partial charge < -0.3 is 16.3 Å². The van der Waals surface area contributed by atoms with Crippen LogP contribution < -0.4 is 11.1 Å². The Hall–Kier alpha value is -1.56. The molecule has 0 aliphatic heterocycles. The lowest BCUT2D eigenvalue weighted by atomic mass is 10.0. The van der Waals surface area contributed by atoms with Crippen LogP contribution in [0.2, 0.25) is 0 Å². The second-order valence-electron chi connectivity index (χ2n) is 5.08. The molecule has 0 spiro atoms. The fourth-order valence-electron chi connectivity index (χ4n) is 2.57. The first-order valence-electron chi connectivity index (χ1n) is 6.67. The molecule has 0 unspecified atom stereocenters. The number of amides is 1. The van der Waals surface area contributed by atoms with E-state index in [9.17, 15) is 4.79 Å². The Bertz CT molecular complexity index is 525. The Labute approximate surface area is 126 Å². The van der Waals surface area contributed by atoms with Gasteiger partial charge in [-0.25, -0.2) is 0 Å². The summed E-state index contributed by atoms with van der Waals surface area (Å²) in [6.45, 7) is 0. The molecule has 108 valence electrons. The molecular formula is C14H18BrN3O2. The van der Waals surface area contributed by atoms with Gasteiger partial charge in [0.15, 0.2) is 5.84 Å². The molecule has 0 aromatic heterocycles. The Morgan fingerprint density at radius 1 is 1.45 bits per heavy atom. The van der Waals surface area contributed by atoms with Crippen LogP contribution in [0.15, 0.2) is 27.8 Å². The molecule has 1 amide bonds. The van der Waals surface area contributed by atoms with Crippen molar-refractivity contribution >= 4 is 33.4 Å². The molecule has 6 heteroatoms. The maximum Gasteiger partial charge on any atom is 0.224 e. The van der Waals surface area contributed by atoms with Gasteiger partial charge in [-0.15, -0.1) is 0 Å². The first kappa shape index (κ1) is 14.8. The molecule has 1 aromatic rings. The Morgan fingerprint density at radius 2 is 2.15 bits per heavy atom. The minimum atomic E-state index is -0.0255. The molecule has 4 N–H and O–H groups in total. The number of anilines is 1. The molecule has 1 saturated carbocycles. The Balaban J connectivity index is 2.09. The molecule has 0 saturated heterocycles. The number of hydrogen-bond acceptors (Lipinski definition) is 3. The van der Waals surface area contributed by atoms with Crippen LogP contribution in [-0.2, 0) is 4.79 Å². The minimum absolute atomic E-state index is 0.0220. The predicted octanol–water partition coefficient (Wildman–Crippen LogP) is 3.06. The van der Waals surface area contributed by atoms with Crippen LogP contribution in [0.4, 0.5) is 5.69 Å². The highest BCUT2D eigenvalue weighted by molar-refractivity contribution is 9.10. The van der Waals surface area contributed by atoms with E-state index >= 15 is 0 Å². The van der Waals surface area contributed by atoms with Gasteiger partial charge in [0, 0.05) is 16.5 Å². The summed E-state index contributed by atoms with van der Waals surface area (Å²) in [7, 11) is 0. The van der Waals surface area contributed by atoms with E-state index in [1.807, 2.05) is 0 Å². The molecular weight excluding hydrogens is 322 g/mol. The number of rotatable bonds is 4. The van der Waals surface area contributed by atoms with Crippen molar-refractivity contribution in [1.29, 1.82) is 0 Å². The Morgan fingerprint density at radius 3 is 2.80 bits per heavy atom. The van der Waals surface area contributed by atoms with E-state index < -0.39 is 0 Å². The summed E-state index contributed by atoms with van der Waals surface area (Å²) in [5, 5.41) is 14.6. The van der Waals surface area contributed by atoms with E-state index in [2.05, 4.69) is 26.4 Å². The number of nitrogens with one attached hydrogen (secondary N) is 1. The van der Waals surface area contributed by atoms with Crippen molar-refractivity contribution < 1.29 is 10.0 Å². The summed E-state index contributed by atoms with van der Waals surface area (Å²) in [4.78, 5) is 12.1. The summed E-state index contributed by atoms with van der Waals surface area (Å²) in [6, 6.07) is 5.25. The summed E-state index contributed by atoms with van der Waals surface area (Å²) >= 11 is 3.33. The predicted molar refractivity (Wildman–Crippen MR) is 81.9 cm³/mol. The quantitative estimate of drug-likeness (QED) is 0.341. The van der Waals surface area contributed by atoms with Gasteiger partial charge in [0.1, 0.15) is 0 Å². The number of benzene rings is 1. The Kier molecular flexibility index (Phi) is 5.00. The van der Waals surface area contributed by atoms with Gasteiger partial charge in [-0.3, -0.25) is 4.79 Å². The average molecular weight is 340 g/mol. The van der Waals surface area contributed by atoms with Crippen LogP contribution in [0.3, 0.4) is 0 Å². The van der Waals surface area contributed by atoms with Crippen molar-refractivity contribution in [1.82, 2.24) is 0 Å². The molecule has 20 heavy (non-hydrogen) atoms. The summed E-state index contributed by atoms with van der Waals surface area (Å²) in [5.74, 6) is 0.437. The van der Waals surface area contributed by atoms with E-state index in [-0.39, 0.29) is 11.7 Å². The van der Waals surface area contributed by atoms with Gasteiger partial charge >= 0.3 is 0 Å². The molecule has 1 aliphatic carbocycles. The minimum Gasteiger partial charge on any atom is -0.409 e. The third kappa shape index (κ3) is 3.72. The van der Waals surface area contributed by atoms with Crippen LogP contribution in [0, 0.1) is 5.92 Å². The number of nitrogens with zero attached hydrogens (tertiary/aromatic N) is 1. The number of amidine groups is 1. The van der Waals surface area contributed by atoms with Gasteiger partial charge in [0.05, 0.1) is 5.69 Å². The standard InChI is InChI=1S/C14H18BrN3O2/c15-10-5-6-12(11(8-10)14(16)18-20)17-13(19)7-9-3-1-2-4-9/h5-6,8-9,20H,1-4,7H2,(H2,16,18)(H,17,19). The zero-order chi connectivity index (χ0) is 14.5. The normalized spacial score (nSPS) is 16.4. The lowest BCUT2D eigenvalue weighted by Gasteiger charge is -2.13. The molecule has 0 radical (unpaired) electrons. The van der Waals surface area contributed by atoms with Gasteiger partial charge in [-0.1, -0.05) is 33.9 Å². The molecule has 0 heterocycles. The van der Waals surface area contributed by atoms with Crippen molar-refractivity contribution in [3.05, 3.63) is 28.2 Å². The SMILES string of the molecule is N/C(=N/O)c1cc(Br)ccc1NC(=O)CC1CCCC1. The number of carbonyl (C=O) groups is 1. The first-order valence-corrected chi connectivity index (χ1v) is 7.46. The third-order valence-corrected chi connectivity index (χ3v) is 4.08. The van der Waals surface area contributed by atoms with E-state index in [1.165, 1.54) is 12.8 Å². The average Bonchev–Trinajstić information content (AvgIpc) is 2.92. The van der Waals surface area contributed by atoms with Gasteiger partial charge in [0.2, 0.25) is 5.91 Å². The number of carbonyl (C=O) groups excluding carboxylic acids is 1. The van der Waals surface area contributed by atoms with E-state index in [1.54, 1.807) is 18.2 Å². The highest BCUT2D eigenvalue weighted by atomic mass is 79.9. The zero-order valence-corrected chi connectivity index (χ0v) is 12.7. The summed E-state index contributed by atoms with van der Waals surface area (Å²) in [6.07, 6.45) is 5.21. The lowest BCUT2D eigenvalue weighted by Crippen LogP contribution is -2.20. The van der Waals surface area contributed by atoms with Crippen molar-refractivity contribution in [2.45, 2.75) is 32.1 Å². The maximum atomic E-state index is 12.1. The highest BCUT2D eigenvalue weighted by Gasteiger charge is 2.19. The van der Waals surface area contributed by atoms with Crippen LogP contribution in [0.5, 0.6) is 0 Å². The number of hydrogen-bond donors (Lipinski definition) is 3. The maximum absolute atomic E-state index is 12.1. The third-order valence-electron chi connectivity index (χ3n) is 3.59. The first-order chi connectivity index (χ1) is 9.60. The molecule has 1 aliphatic rings. The van der Waals surface area contributed by atoms with E-state index in [0.29, 0.717) is 23.6 Å². The fourth-order valence-corrected chi connectivity index (χ4v) is 2.93. The van der Waals surface area contributed by atoms with Crippen molar-refractivity contribution in [3.8, 4) is 0 Å². The highest BCUT2D eigenvalue weighted by Crippen LogP contribution is 2.28. The van der Waals surface area contributed by atoms with Crippen molar-refractivity contribution in [3.63, 3.8) is 0 Å². The molecule has 2 rings (SSSR count). The largest absolute Gasteiger partial charge is 0.409 e. The summed E-state index contributed by atoms with van der Waals surface area (Å²) in [5.41, 5.74) is 6.69. The van der Waals surface area contributed by atoms with Gasteiger partial charge in [-0.2, -0.15) is 0 Å². The molecule has 0 bridgehead atoms. The summed E-state index contributed by atoms with van der Waals surface area (Å²) < 4.78 is 0.799. The smallest absolute Gasteiger partial charge is 0.224 e. The topological polar surface area (TPSA) is 87.7 Å². The van der Waals surface area contributed by atoms with Crippen molar-refractivity contribution in [2.75, 3.05) is 5.32 Å². The van der Waals surface area contributed by atoms with Crippen molar-refractivity contribution in [2.24, 2.45) is 16.8 Å². The monoisotopic (exact) mass is 339 g/mol. The second kappa shape index (κ2) is 6.74. The zero-order valence-electron chi connectivity index (χ0n) is 11.1. The fraction of sp³-hybridized carbons (Fsp3) is 0.429. The molecule has 1 fully saturated rings. The molecule has 5 nitrogen and oxygen atoms in total. The van der Waals surface area contributed by atoms with Crippen LogP contribution in [-0.4, -0.2) is 17.0 Å². The number of oxime groups is 1. The van der Waals surface area contributed by atoms with Gasteiger partial charge in [-0.05, 0) is 37.0 Å². The molecule has 0 atom stereocenters. The molecule has 1 aromatic carbocycles. The van der Waals surface area contributed by atoms with Gasteiger partial charge in [0.25, 0.3) is 0 Å². The van der Waals surface area contributed by atoms with E-state index in [0.717, 1.165) is 17.3 Å². The lowest BCUT2D eigenvalue weighted by molar-refractivity contribution is -0.117. The number of halogens is 1. The van der Waals surface area contributed by atoms with Crippen LogP contribution in [0.1, 0.15) is 37.7 Å². The van der Waals surface area contributed by atoms with E-state index in [4.69, 9.17) is 10.9 Å².